The van der Waals surface area contributed by atoms with Crippen molar-refractivity contribution in [2.45, 2.75) is 0 Å². The van der Waals surface area contributed by atoms with Crippen molar-refractivity contribution in [3.63, 3.8) is 0 Å². The summed E-state index contributed by atoms with van der Waals surface area (Å²) in [5.41, 5.74) is 1.57. The standard InChI is InChI=1S/C17H17ClN4O3/c18-15-3-1-2-4-16(15)19-17(23)21-11-9-20(10-12-21)13-5-7-14(8-6-13)22(24)25/h1-8H,9-12H2,(H,19,23). The number of hydrogen-bond donors (Lipinski definition) is 1. The van der Waals surface area contributed by atoms with Crippen LogP contribution in [0.2, 0.25) is 5.02 Å². The number of nitro groups is 1. The molecule has 0 spiro atoms. The molecule has 3 rings (SSSR count). The van der Waals surface area contributed by atoms with Crippen LogP contribution in [0.5, 0.6) is 0 Å². The number of carbonyl (C=O) groups excluding carboxylic acids is 1. The number of hydrogen-bond acceptors (Lipinski definition) is 4. The van der Waals surface area contributed by atoms with Crippen LogP contribution in [0.3, 0.4) is 0 Å². The molecule has 0 aromatic heterocycles. The molecule has 1 aliphatic heterocycles. The molecule has 25 heavy (non-hydrogen) atoms. The quantitative estimate of drug-likeness (QED) is 0.670. The summed E-state index contributed by atoms with van der Waals surface area (Å²) in [6, 6.07) is 13.4. The van der Waals surface area contributed by atoms with Gasteiger partial charge in [0.25, 0.3) is 5.69 Å². The van der Waals surface area contributed by atoms with Gasteiger partial charge in [-0.05, 0) is 24.3 Å². The van der Waals surface area contributed by atoms with Gasteiger partial charge in [-0.3, -0.25) is 10.1 Å². The van der Waals surface area contributed by atoms with Gasteiger partial charge in [0.15, 0.2) is 0 Å². The number of urea groups is 1. The summed E-state index contributed by atoms with van der Waals surface area (Å²) in [5, 5.41) is 14.0. The first kappa shape index (κ1) is 17.0. The van der Waals surface area contributed by atoms with Crippen LogP contribution >= 0.6 is 11.6 Å². The van der Waals surface area contributed by atoms with Gasteiger partial charge in [0.2, 0.25) is 0 Å². The Balaban J connectivity index is 1.57. The molecule has 0 bridgehead atoms. The molecule has 130 valence electrons. The molecule has 1 aliphatic rings. The van der Waals surface area contributed by atoms with Gasteiger partial charge >= 0.3 is 6.03 Å². The number of carbonyl (C=O) groups is 1. The normalized spacial score (nSPS) is 14.3. The highest BCUT2D eigenvalue weighted by Gasteiger charge is 2.22. The van der Waals surface area contributed by atoms with Crippen molar-refractivity contribution in [1.29, 1.82) is 0 Å². The number of piperazine rings is 1. The van der Waals surface area contributed by atoms with Crippen molar-refractivity contribution in [2.24, 2.45) is 0 Å². The minimum atomic E-state index is -0.416. The number of amides is 2. The van der Waals surface area contributed by atoms with Gasteiger partial charge in [0, 0.05) is 44.0 Å². The van der Waals surface area contributed by atoms with E-state index in [1.165, 1.54) is 12.1 Å². The second-order valence-corrected chi connectivity index (χ2v) is 6.06. The van der Waals surface area contributed by atoms with E-state index in [9.17, 15) is 14.9 Å². The Bertz CT molecular complexity index is 774. The lowest BCUT2D eigenvalue weighted by Gasteiger charge is -2.36. The minimum Gasteiger partial charge on any atom is -0.368 e. The number of nitrogens with one attached hydrogen (secondary N) is 1. The zero-order chi connectivity index (χ0) is 17.8. The molecule has 1 N–H and O–H groups in total. The Morgan fingerprint density at radius 3 is 2.28 bits per heavy atom. The van der Waals surface area contributed by atoms with Crippen LogP contribution in [0, 0.1) is 10.1 Å². The van der Waals surface area contributed by atoms with Crippen LogP contribution in [-0.2, 0) is 0 Å². The lowest BCUT2D eigenvalue weighted by Crippen LogP contribution is -2.50. The Hall–Kier alpha value is -2.80. The summed E-state index contributed by atoms with van der Waals surface area (Å²) < 4.78 is 0. The molecule has 0 saturated carbocycles. The van der Waals surface area contributed by atoms with Gasteiger partial charge in [0.1, 0.15) is 0 Å². The Labute approximate surface area is 149 Å². The Morgan fingerprint density at radius 1 is 1.04 bits per heavy atom. The number of rotatable bonds is 3. The highest BCUT2D eigenvalue weighted by atomic mass is 35.5. The van der Waals surface area contributed by atoms with E-state index < -0.39 is 4.92 Å². The maximum atomic E-state index is 12.3. The van der Waals surface area contributed by atoms with Gasteiger partial charge < -0.3 is 15.1 Å². The number of halogens is 1. The first-order valence-electron chi connectivity index (χ1n) is 7.84. The minimum absolute atomic E-state index is 0.0708. The number of anilines is 2. The van der Waals surface area contributed by atoms with Crippen molar-refractivity contribution in [2.75, 3.05) is 36.4 Å². The molecule has 2 aromatic rings. The molecule has 7 nitrogen and oxygen atoms in total. The Kier molecular flexibility index (Phi) is 5.04. The lowest BCUT2D eigenvalue weighted by atomic mass is 10.2. The van der Waals surface area contributed by atoms with Crippen LogP contribution < -0.4 is 10.2 Å². The molecule has 0 radical (unpaired) electrons. The van der Waals surface area contributed by atoms with Gasteiger partial charge in [0.05, 0.1) is 15.6 Å². The average Bonchev–Trinajstić information content (AvgIpc) is 2.64. The second kappa shape index (κ2) is 7.40. The number of nitrogens with zero attached hydrogens (tertiary/aromatic N) is 3. The molecule has 0 atom stereocenters. The van der Waals surface area contributed by atoms with E-state index in [1.807, 2.05) is 6.07 Å². The smallest absolute Gasteiger partial charge is 0.322 e. The summed E-state index contributed by atoms with van der Waals surface area (Å²) in [6.07, 6.45) is 0. The predicted molar refractivity (Wildman–Crippen MR) is 97.4 cm³/mol. The highest BCUT2D eigenvalue weighted by Crippen LogP contribution is 2.23. The van der Waals surface area contributed by atoms with E-state index in [4.69, 9.17) is 11.6 Å². The van der Waals surface area contributed by atoms with Crippen molar-refractivity contribution < 1.29 is 9.72 Å². The van der Waals surface area contributed by atoms with Gasteiger partial charge in [-0.1, -0.05) is 23.7 Å². The first-order valence-corrected chi connectivity index (χ1v) is 8.22. The number of benzene rings is 2. The van der Waals surface area contributed by atoms with Crippen molar-refractivity contribution in [3.05, 3.63) is 63.7 Å². The fraction of sp³-hybridized carbons (Fsp3) is 0.235. The summed E-state index contributed by atoms with van der Waals surface area (Å²) >= 11 is 6.06. The molecule has 0 unspecified atom stereocenters. The van der Waals surface area contributed by atoms with Crippen molar-refractivity contribution >= 4 is 34.7 Å². The van der Waals surface area contributed by atoms with Crippen LogP contribution in [0.4, 0.5) is 21.9 Å². The molecule has 1 fully saturated rings. The van der Waals surface area contributed by atoms with E-state index in [1.54, 1.807) is 35.2 Å². The summed E-state index contributed by atoms with van der Waals surface area (Å²) in [6.45, 7) is 2.45. The summed E-state index contributed by atoms with van der Waals surface area (Å²) in [5.74, 6) is 0. The molecule has 2 aromatic carbocycles. The SMILES string of the molecule is O=C(Nc1ccccc1Cl)N1CCN(c2ccc([N+](=O)[O-])cc2)CC1. The topological polar surface area (TPSA) is 78.7 Å². The van der Waals surface area contributed by atoms with E-state index in [0.717, 1.165) is 5.69 Å². The molecular formula is C17H17ClN4O3. The molecule has 1 heterocycles. The largest absolute Gasteiger partial charge is 0.368 e. The number of para-hydroxylation sites is 1. The van der Waals surface area contributed by atoms with Gasteiger partial charge in [-0.2, -0.15) is 0 Å². The van der Waals surface area contributed by atoms with Crippen LogP contribution in [-0.4, -0.2) is 42.0 Å². The third kappa shape index (κ3) is 4.00. The predicted octanol–water partition coefficient (Wildman–Crippen LogP) is 3.60. The van der Waals surface area contributed by atoms with Gasteiger partial charge in [-0.15, -0.1) is 0 Å². The fourth-order valence-corrected chi connectivity index (χ4v) is 2.89. The first-order chi connectivity index (χ1) is 12.0. The number of nitro benzene ring substituents is 1. The highest BCUT2D eigenvalue weighted by molar-refractivity contribution is 6.33. The van der Waals surface area contributed by atoms with Crippen LogP contribution in [0.15, 0.2) is 48.5 Å². The van der Waals surface area contributed by atoms with Gasteiger partial charge in [-0.25, -0.2) is 4.79 Å². The third-order valence-corrected chi connectivity index (χ3v) is 4.44. The third-order valence-electron chi connectivity index (χ3n) is 4.11. The second-order valence-electron chi connectivity index (χ2n) is 5.66. The number of non-ortho nitro benzene ring substituents is 1. The fourth-order valence-electron chi connectivity index (χ4n) is 2.71. The van der Waals surface area contributed by atoms with E-state index >= 15 is 0 Å². The maximum Gasteiger partial charge on any atom is 0.322 e. The van der Waals surface area contributed by atoms with E-state index in [0.29, 0.717) is 36.9 Å². The van der Waals surface area contributed by atoms with E-state index in [-0.39, 0.29) is 11.7 Å². The van der Waals surface area contributed by atoms with E-state index in [2.05, 4.69) is 10.2 Å². The summed E-state index contributed by atoms with van der Waals surface area (Å²) in [7, 11) is 0. The molecule has 0 aliphatic carbocycles. The van der Waals surface area contributed by atoms with Crippen molar-refractivity contribution in [1.82, 2.24) is 4.90 Å². The Morgan fingerprint density at radius 2 is 1.68 bits per heavy atom. The monoisotopic (exact) mass is 360 g/mol. The molecule has 8 heteroatoms. The van der Waals surface area contributed by atoms with Crippen LogP contribution in [0.25, 0.3) is 0 Å². The van der Waals surface area contributed by atoms with Crippen LogP contribution in [0.1, 0.15) is 0 Å². The zero-order valence-electron chi connectivity index (χ0n) is 13.4. The zero-order valence-corrected chi connectivity index (χ0v) is 14.1. The molecule has 1 saturated heterocycles. The molecular weight excluding hydrogens is 344 g/mol. The van der Waals surface area contributed by atoms with Crippen molar-refractivity contribution in [3.8, 4) is 0 Å². The summed E-state index contributed by atoms with van der Waals surface area (Å²) in [4.78, 5) is 26.5. The lowest BCUT2D eigenvalue weighted by molar-refractivity contribution is -0.384. The molecule has 2 amide bonds. The average molecular weight is 361 g/mol. The maximum absolute atomic E-state index is 12.3.